The lowest BCUT2D eigenvalue weighted by atomic mass is 9.90. The van der Waals surface area contributed by atoms with Gasteiger partial charge in [0.05, 0.1) is 4.47 Å². The molecule has 0 amide bonds. The van der Waals surface area contributed by atoms with Crippen LogP contribution in [0.25, 0.3) is 0 Å². The molecule has 17 heavy (non-hydrogen) atoms. The zero-order chi connectivity index (χ0) is 12.9. The summed E-state index contributed by atoms with van der Waals surface area (Å²) in [5.41, 5.74) is 1.39. The van der Waals surface area contributed by atoms with Gasteiger partial charge in [-0.2, -0.15) is 0 Å². The molecular weight excluding hydrogens is 280 g/mol. The van der Waals surface area contributed by atoms with E-state index in [0.717, 1.165) is 29.9 Å². The molecule has 0 aliphatic heterocycles. The lowest BCUT2D eigenvalue weighted by Crippen LogP contribution is -2.25. The fourth-order valence-corrected chi connectivity index (χ4v) is 1.83. The van der Waals surface area contributed by atoms with E-state index in [1.807, 2.05) is 12.3 Å². The monoisotopic (exact) mass is 300 g/mol. The minimum atomic E-state index is 0.195. The van der Waals surface area contributed by atoms with E-state index in [4.69, 9.17) is 4.74 Å². The average Bonchev–Trinajstić information content (AvgIpc) is 2.29. The van der Waals surface area contributed by atoms with Gasteiger partial charge in [-0.15, -0.1) is 0 Å². The van der Waals surface area contributed by atoms with E-state index < -0.39 is 0 Å². The van der Waals surface area contributed by atoms with Crippen LogP contribution in [0.1, 0.15) is 25.8 Å². The molecule has 1 heterocycles. The summed E-state index contributed by atoms with van der Waals surface area (Å²) in [7, 11) is 1.74. The first kappa shape index (κ1) is 14.5. The van der Waals surface area contributed by atoms with Crippen LogP contribution < -0.4 is 5.32 Å². The predicted molar refractivity (Wildman–Crippen MR) is 75.4 cm³/mol. The highest BCUT2D eigenvalue weighted by Gasteiger charge is 2.18. The summed E-state index contributed by atoms with van der Waals surface area (Å²) in [6.07, 6.45) is 2.85. The maximum atomic E-state index is 5.12. The van der Waals surface area contributed by atoms with Crippen LogP contribution in [0.15, 0.2) is 16.7 Å². The number of nitrogens with one attached hydrogen (secondary N) is 1. The summed E-state index contributed by atoms with van der Waals surface area (Å²) >= 11 is 3.55. The summed E-state index contributed by atoms with van der Waals surface area (Å²) in [4.78, 5) is 4.33. The van der Waals surface area contributed by atoms with Gasteiger partial charge in [0, 0.05) is 26.5 Å². The zero-order valence-corrected chi connectivity index (χ0v) is 12.6. The summed E-state index contributed by atoms with van der Waals surface area (Å²) in [5, 5.41) is 3.39. The molecule has 1 rings (SSSR count). The fraction of sp³-hybridized carbons (Fsp3) is 0.615. The van der Waals surface area contributed by atoms with Gasteiger partial charge in [-0.05, 0) is 46.3 Å². The number of aromatic nitrogens is 1. The van der Waals surface area contributed by atoms with Crippen molar-refractivity contribution < 1.29 is 4.74 Å². The molecule has 4 heteroatoms. The number of halogens is 1. The van der Waals surface area contributed by atoms with E-state index in [-0.39, 0.29) is 5.41 Å². The molecule has 0 fully saturated rings. The summed E-state index contributed by atoms with van der Waals surface area (Å²) in [6.45, 7) is 8.18. The number of aryl methyl sites for hydroxylation is 1. The minimum Gasteiger partial charge on any atom is -0.385 e. The fourth-order valence-electron chi connectivity index (χ4n) is 1.45. The van der Waals surface area contributed by atoms with E-state index in [2.05, 4.69) is 47.0 Å². The van der Waals surface area contributed by atoms with Crippen molar-refractivity contribution in [2.75, 3.05) is 25.6 Å². The molecule has 0 unspecified atom stereocenters. The molecule has 0 saturated carbocycles. The first-order valence-corrected chi connectivity index (χ1v) is 6.59. The Labute approximate surface area is 112 Å². The second kappa shape index (κ2) is 6.36. The third-order valence-corrected chi connectivity index (χ3v) is 3.80. The van der Waals surface area contributed by atoms with Crippen molar-refractivity contribution in [3.63, 3.8) is 0 Å². The third-order valence-electron chi connectivity index (χ3n) is 2.80. The molecule has 1 aromatic heterocycles. The number of methoxy groups -OCH3 is 1. The number of anilines is 1. The predicted octanol–water partition coefficient (Wildman–Crippen LogP) is 3.63. The van der Waals surface area contributed by atoms with Crippen LogP contribution in [-0.2, 0) is 4.74 Å². The van der Waals surface area contributed by atoms with Gasteiger partial charge in [0.2, 0.25) is 0 Å². The Bertz CT molecular complexity index is 366. The third kappa shape index (κ3) is 4.64. The van der Waals surface area contributed by atoms with Crippen LogP contribution in [0, 0.1) is 12.3 Å². The van der Waals surface area contributed by atoms with E-state index in [1.54, 1.807) is 7.11 Å². The van der Waals surface area contributed by atoms with Crippen molar-refractivity contribution in [3.8, 4) is 0 Å². The zero-order valence-electron chi connectivity index (χ0n) is 11.0. The molecule has 96 valence electrons. The second-order valence-corrected chi connectivity index (χ2v) is 5.84. The second-order valence-electron chi connectivity index (χ2n) is 5.05. The molecule has 0 aliphatic rings. The SMILES string of the molecule is COCCC(C)(C)CNc1nccc(C)c1Br. The van der Waals surface area contributed by atoms with Crippen molar-refractivity contribution in [1.82, 2.24) is 4.98 Å². The summed E-state index contributed by atoms with van der Waals surface area (Å²) in [6, 6.07) is 1.99. The van der Waals surface area contributed by atoms with Gasteiger partial charge < -0.3 is 10.1 Å². The van der Waals surface area contributed by atoms with E-state index in [0.29, 0.717) is 0 Å². The molecule has 0 aromatic carbocycles. The van der Waals surface area contributed by atoms with Crippen molar-refractivity contribution in [2.45, 2.75) is 27.2 Å². The average molecular weight is 301 g/mol. The van der Waals surface area contributed by atoms with Crippen LogP contribution >= 0.6 is 15.9 Å². The Balaban J connectivity index is 2.58. The highest BCUT2D eigenvalue weighted by atomic mass is 79.9. The molecule has 1 N–H and O–H groups in total. The Kier molecular flexibility index (Phi) is 5.40. The standard InChI is InChI=1S/C13H21BrN2O/c1-10-5-7-15-12(11(10)14)16-9-13(2,3)6-8-17-4/h5,7H,6,8-9H2,1-4H3,(H,15,16). The van der Waals surface area contributed by atoms with Crippen LogP contribution in [-0.4, -0.2) is 25.2 Å². The Morgan fingerprint density at radius 2 is 2.18 bits per heavy atom. The van der Waals surface area contributed by atoms with Gasteiger partial charge in [0.1, 0.15) is 5.82 Å². The number of hydrogen-bond acceptors (Lipinski definition) is 3. The topological polar surface area (TPSA) is 34.1 Å². The Morgan fingerprint density at radius 1 is 1.47 bits per heavy atom. The summed E-state index contributed by atoms with van der Waals surface area (Å²) < 4.78 is 6.16. The van der Waals surface area contributed by atoms with Crippen LogP contribution in [0.5, 0.6) is 0 Å². The maximum absolute atomic E-state index is 5.12. The van der Waals surface area contributed by atoms with Crippen molar-refractivity contribution >= 4 is 21.7 Å². The van der Waals surface area contributed by atoms with Gasteiger partial charge >= 0.3 is 0 Å². The van der Waals surface area contributed by atoms with Gasteiger partial charge in [-0.1, -0.05) is 13.8 Å². The highest BCUT2D eigenvalue weighted by molar-refractivity contribution is 9.10. The van der Waals surface area contributed by atoms with Crippen molar-refractivity contribution in [2.24, 2.45) is 5.41 Å². The quantitative estimate of drug-likeness (QED) is 0.871. The smallest absolute Gasteiger partial charge is 0.140 e. The van der Waals surface area contributed by atoms with Gasteiger partial charge in [-0.25, -0.2) is 4.98 Å². The molecule has 0 saturated heterocycles. The normalized spacial score (nSPS) is 11.6. The highest BCUT2D eigenvalue weighted by Crippen LogP contribution is 2.26. The minimum absolute atomic E-state index is 0.195. The number of pyridine rings is 1. The lowest BCUT2D eigenvalue weighted by Gasteiger charge is -2.25. The number of rotatable bonds is 6. The molecule has 0 aliphatic carbocycles. The molecule has 3 nitrogen and oxygen atoms in total. The number of hydrogen-bond donors (Lipinski definition) is 1. The molecular formula is C13H21BrN2O. The summed E-state index contributed by atoms with van der Waals surface area (Å²) in [5.74, 6) is 0.912. The van der Waals surface area contributed by atoms with Gasteiger partial charge in [-0.3, -0.25) is 0 Å². The number of nitrogens with zero attached hydrogens (tertiary/aromatic N) is 1. The first-order valence-electron chi connectivity index (χ1n) is 5.80. The van der Waals surface area contributed by atoms with Crippen LogP contribution in [0.2, 0.25) is 0 Å². The van der Waals surface area contributed by atoms with E-state index >= 15 is 0 Å². The van der Waals surface area contributed by atoms with Gasteiger partial charge in [0.25, 0.3) is 0 Å². The van der Waals surface area contributed by atoms with E-state index in [1.165, 1.54) is 5.56 Å². The van der Waals surface area contributed by atoms with Crippen molar-refractivity contribution in [1.29, 1.82) is 0 Å². The van der Waals surface area contributed by atoms with Crippen LogP contribution in [0.4, 0.5) is 5.82 Å². The molecule has 1 aromatic rings. The molecule has 0 atom stereocenters. The van der Waals surface area contributed by atoms with Gasteiger partial charge in [0.15, 0.2) is 0 Å². The molecule has 0 bridgehead atoms. The first-order chi connectivity index (χ1) is 7.96. The maximum Gasteiger partial charge on any atom is 0.140 e. The largest absolute Gasteiger partial charge is 0.385 e. The molecule has 0 spiro atoms. The van der Waals surface area contributed by atoms with Crippen molar-refractivity contribution in [3.05, 3.63) is 22.3 Å². The van der Waals surface area contributed by atoms with E-state index in [9.17, 15) is 0 Å². The Morgan fingerprint density at radius 3 is 2.82 bits per heavy atom. The lowest BCUT2D eigenvalue weighted by molar-refractivity contribution is 0.157. The number of ether oxygens (including phenoxy) is 1. The molecule has 0 radical (unpaired) electrons. The van der Waals surface area contributed by atoms with Crippen LogP contribution in [0.3, 0.4) is 0 Å². The Hall–Kier alpha value is -0.610.